The maximum absolute atomic E-state index is 12.0. The van der Waals surface area contributed by atoms with Crippen LogP contribution < -0.4 is 5.32 Å². The number of pyridine rings is 1. The fourth-order valence-electron chi connectivity index (χ4n) is 2.12. The zero-order valence-electron chi connectivity index (χ0n) is 11.6. The summed E-state index contributed by atoms with van der Waals surface area (Å²) in [6, 6.07) is 5.48. The monoisotopic (exact) mass is 285 g/mol. The van der Waals surface area contributed by atoms with Gasteiger partial charge in [-0.1, -0.05) is 6.07 Å². The van der Waals surface area contributed by atoms with Crippen LogP contribution in [0.1, 0.15) is 18.7 Å². The van der Waals surface area contributed by atoms with Gasteiger partial charge in [-0.15, -0.1) is 0 Å². The quantitative estimate of drug-likeness (QED) is 0.915. The average molecular weight is 285 g/mol. The fourth-order valence-corrected chi connectivity index (χ4v) is 2.12. The number of hydrogen-bond acceptors (Lipinski definition) is 6. The van der Waals surface area contributed by atoms with Crippen LogP contribution >= 0.6 is 0 Å². The number of carbonyl (C=O) groups excluding carboxylic acids is 1. The number of hydrogen-bond donors (Lipinski definition) is 1. The number of nitrogens with one attached hydrogen (secondary N) is 1. The molecular weight excluding hydrogens is 270 g/mol. The minimum atomic E-state index is -0.416. The Labute approximate surface area is 121 Å². The Kier molecular flexibility index (Phi) is 3.83. The van der Waals surface area contributed by atoms with Crippen LogP contribution in [0.25, 0.3) is 11.5 Å². The highest BCUT2D eigenvalue weighted by Gasteiger charge is 2.24. The standard InChI is InChI=1S/C14H15N5O2/c1-9-16-12(10-5-2-3-7-15-10)18-14(17-9)19-13(20)11-6-4-8-21-11/h2-3,5,7,11H,4,6,8H2,1H3,(H,16,17,18,19,20). The average Bonchev–Trinajstić information content (AvgIpc) is 3.02. The van der Waals surface area contributed by atoms with Crippen LogP contribution in [0.2, 0.25) is 0 Å². The van der Waals surface area contributed by atoms with Crippen LogP contribution in [-0.4, -0.2) is 38.6 Å². The van der Waals surface area contributed by atoms with E-state index in [1.54, 1.807) is 19.2 Å². The Morgan fingerprint density at radius 3 is 2.95 bits per heavy atom. The Morgan fingerprint density at radius 1 is 1.33 bits per heavy atom. The highest BCUT2D eigenvalue weighted by molar-refractivity contribution is 5.92. The van der Waals surface area contributed by atoms with Gasteiger partial charge >= 0.3 is 0 Å². The predicted molar refractivity (Wildman–Crippen MR) is 75.4 cm³/mol. The van der Waals surface area contributed by atoms with Gasteiger partial charge in [0.15, 0.2) is 5.82 Å². The highest BCUT2D eigenvalue weighted by atomic mass is 16.5. The molecule has 0 bridgehead atoms. The number of anilines is 1. The van der Waals surface area contributed by atoms with Crippen LogP contribution in [0.4, 0.5) is 5.95 Å². The first-order valence-electron chi connectivity index (χ1n) is 6.79. The molecule has 21 heavy (non-hydrogen) atoms. The summed E-state index contributed by atoms with van der Waals surface area (Å²) in [6.07, 6.45) is 2.87. The van der Waals surface area contributed by atoms with E-state index in [0.29, 0.717) is 23.9 Å². The molecule has 1 amide bonds. The van der Waals surface area contributed by atoms with Gasteiger partial charge in [-0.25, -0.2) is 4.98 Å². The summed E-state index contributed by atoms with van der Waals surface area (Å²) in [5.74, 6) is 0.966. The lowest BCUT2D eigenvalue weighted by molar-refractivity contribution is -0.124. The first-order valence-corrected chi connectivity index (χ1v) is 6.79. The molecule has 1 atom stereocenters. The number of amides is 1. The number of nitrogens with zero attached hydrogens (tertiary/aromatic N) is 4. The Morgan fingerprint density at radius 2 is 2.24 bits per heavy atom. The smallest absolute Gasteiger partial charge is 0.255 e. The lowest BCUT2D eigenvalue weighted by Crippen LogP contribution is -2.28. The second kappa shape index (κ2) is 5.92. The summed E-state index contributed by atoms with van der Waals surface area (Å²) >= 11 is 0. The lowest BCUT2D eigenvalue weighted by Gasteiger charge is -2.10. The molecule has 2 aromatic heterocycles. The Bertz CT molecular complexity index is 641. The molecule has 7 nitrogen and oxygen atoms in total. The van der Waals surface area contributed by atoms with E-state index in [1.807, 2.05) is 12.1 Å². The zero-order chi connectivity index (χ0) is 14.7. The fraction of sp³-hybridized carbons (Fsp3) is 0.357. The van der Waals surface area contributed by atoms with Crippen LogP contribution in [0.3, 0.4) is 0 Å². The summed E-state index contributed by atoms with van der Waals surface area (Å²) in [7, 11) is 0. The molecule has 0 aromatic carbocycles. The molecule has 3 heterocycles. The van der Waals surface area contributed by atoms with Gasteiger partial charge in [0.05, 0.1) is 0 Å². The first kappa shape index (κ1) is 13.6. The molecule has 0 aliphatic carbocycles. The van der Waals surface area contributed by atoms with E-state index < -0.39 is 6.10 Å². The van der Waals surface area contributed by atoms with Crippen molar-refractivity contribution in [2.24, 2.45) is 0 Å². The minimum absolute atomic E-state index is 0.218. The van der Waals surface area contributed by atoms with Gasteiger partial charge in [0, 0.05) is 12.8 Å². The molecule has 0 saturated carbocycles. The van der Waals surface area contributed by atoms with Crippen molar-refractivity contribution in [3.63, 3.8) is 0 Å². The molecule has 2 aromatic rings. The molecule has 1 saturated heterocycles. The molecule has 3 rings (SSSR count). The molecule has 1 unspecified atom stereocenters. The minimum Gasteiger partial charge on any atom is -0.368 e. The first-order chi connectivity index (χ1) is 10.2. The van der Waals surface area contributed by atoms with Gasteiger partial charge in [-0.2, -0.15) is 9.97 Å². The van der Waals surface area contributed by atoms with Crippen LogP contribution in [-0.2, 0) is 9.53 Å². The number of aromatic nitrogens is 4. The van der Waals surface area contributed by atoms with E-state index in [4.69, 9.17) is 4.74 Å². The number of carbonyl (C=O) groups is 1. The molecule has 108 valence electrons. The summed E-state index contributed by atoms with van der Waals surface area (Å²) < 4.78 is 5.34. The maximum atomic E-state index is 12.0. The highest BCUT2D eigenvalue weighted by Crippen LogP contribution is 2.16. The topological polar surface area (TPSA) is 89.9 Å². The van der Waals surface area contributed by atoms with Gasteiger partial charge in [-0.05, 0) is 31.9 Å². The van der Waals surface area contributed by atoms with Crippen molar-refractivity contribution in [1.29, 1.82) is 0 Å². The molecule has 1 N–H and O–H groups in total. The molecular formula is C14H15N5O2. The Hall–Kier alpha value is -2.41. The third kappa shape index (κ3) is 3.19. The molecule has 1 aliphatic rings. The van der Waals surface area contributed by atoms with E-state index in [0.717, 1.165) is 12.8 Å². The number of ether oxygens (including phenoxy) is 1. The van der Waals surface area contributed by atoms with Crippen LogP contribution in [0.15, 0.2) is 24.4 Å². The zero-order valence-corrected chi connectivity index (χ0v) is 11.6. The van der Waals surface area contributed by atoms with Gasteiger partial charge in [0.2, 0.25) is 5.95 Å². The predicted octanol–water partition coefficient (Wildman–Crippen LogP) is 1.36. The number of aryl methyl sites for hydroxylation is 1. The van der Waals surface area contributed by atoms with E-state index in [2.05, 4.69) is 25.3 Å². The molecule has 1 aliphatic heterocycles. The van der Waals surface area contributed by atoms with E-state index >= 15 is 0 Å². The van der Waals surface area contributed by atoms with Crippen molar-refractivity contribution in [2.45, 2.75) is 25.9 Å². The van der Waals surface area contributed by atoms with Gasteiger partial charge < -0.3 is 4.74 Å². The molecule has 0 radical (unpaired) electrons. The van der Waals surface area contributed by atoms with Gasteiger partial charge in [-0.3, -0.25) is 15.1 Å². The van der Waals surface area contributed by atoms with Gasteiger partial charge in [0.25, 0.3) is 5.91 Å². The Balaban J connectivity index is 1.82. The lowest BCUT2D eigenvalue weighted by atomic mass is 10.2. The summed E-state index contributed by atoms with van der Waals surface area (Å²) in [5, 5.41) is 2.68. The third-order valence-corrected chi connectivity index (χ3v) is 3.10. The van der Waals surface area contributed by atoms with Crippen molar-refractivity contribution in [2.75, 3.05) is 11.9 Å². The second-order valence-electron chi connectivity index (χ2n) is 4.74. The molecule has 0 spiro atoms. The summed E-state index contributed by atoms with van der Waals surface area (Å²) in [6.45, 7) is 2.36. The van der Waals surface area contributed by atoms with Crippen molar-refractivity contribution in [3.8, 4) is 11.5 Å². The van der Waals surface area contributed by atoms with E-state index in [-0.39, 0.29) is 11.9 Å². The largest absolute Gasteiger partial charge is 0.368 e. The van der Waals surface area contributed by atoms with Crippen molar-refractivity contribution < 1.29 is 9.53 Å². The number of rotatable bonds is 3. The summed E-state index contributed by atoms with van der Waals surface area (Å²) in [4.78, 5) is 28.8. The summed E-state index contributed by atoms with van der Waals surface area (Å²) in [5.41, 5.74) is 0.635. The third-order valence-electron chi connectivity index (χ3n) is 3.10. The van der Waals surface area contributed by atoms with E-state index in [9.17, 15) is 4.79 Å². The second-order valence-corrected chi connectivity index (χ2v) is 4.74. The molecule has 1 fully saturated rings. The van der Waals surface area contributed by atoms with Crippen molar-refractivity contribution >= 4 is 11.9 Å². The van der Waals surface area contributed by atoms with Crippen LogP contribution in [0, 0.1) is 6.92 Å². The van der Waals surface area contributed by atoms with Crippen LogP contribution in [0.5, 0.6) is 0 Å². The van der Waals surface area contributed by atoms with Crippen molar-refractivity contribution in [3.05, 3.63) is 30.2 Å². The normalized spacial score (nSPS) is 17.7. The van der Waals surface area contributed by atoms with Crippen molar-refractivity contribution in [1.82, 2.24) is 19.9 Å². The van der Waals surface area contributed by atoms with Gasteiger partial charge in [0.1, 0.15) is 17.6 Å². The molecule has 7 heteroatoms. The SMILES string of the molecule is Cc1nc(NC(=O)C2CCCO2)nc(-c2ccccn2)n1. The maximum Gasteiger partial charge on any atom is 0.255 e. The van der Waals surface area contributed by atoms with E-state index in [1.165, 1.54) is 0 Å².